The quantitative estimate of drug-likeness (QED) is 0.826. The van der Waals surface area contributed by atoms with Gasteiger partial charge in [-0.05, 0) is 43.0 Å². The Morgan fingerprint density at radius 2 is 1.48 bits per heavy atom. The van der Waals surface area contributed by atoms with Crippen LogP contribution in [0.2, 0.25) is 0 Å². The summed E-state index contributed by atoms with van der Waals surface area (Å²) in [6, 6.07) is 14.9. The molecule has 2 rings (SSSR count). The highest BCUT2D eigenvalue weighted by Gasteiger charge is 2.04. The van der Waals surface area contributed by atoms with Crippen LogP contribution in [0.5, 0.6) is 0 Å². The summed E-state index contributed by atoms with van der Waals surface area (Å²) in [5, 5.41) is 11.7. The average molecular weight is 311 g/mol. The Kier molecular flexibility index (Phi) is 5.92. The van der Waals surface area contributed by atoms with Crippen molar-refractivity contribution in [1.29, 1.82) is 0 Å². The minimum Gasteiger partial charge on any atom is -0.478 e. The van der Waals surface area contributed by atoms with E-state index in [1.807, 2.05) is 0 Å². The Balaban J connectivity index is 1.70. The molecule has 2 aromatic rings. The van der Waals surface area contributed by atoms with Crippen LogP contribution in [0.15, 0.2) is 48.5 Å². The highest BCUT2D eigenvalue weighted by atomic mass is 16.4. The molecule has 0 saturated heterocycles. The molecule has 1 amide bonds. The summed E-state index contributed by atoms with van der Waals surface area (Å²) in [7, 11) is 0. The second-order valence-electron chi connectivity index (χ2n) is 5.59. The number of benzene rings is 2. The van der Waals surface area contributed by atoms with Crippen LogP contribution in [-0.2, 0) is 17.6 Å². The van der Waals surface area contributed by atoms with Gasteiger partial charge in [-0.15, -0.1) is 0 Å². The van der Waals surface area contributed by atoms with Crippen molar-refractivity contribution in [3.8, 4) is 0 Å². The Bertz CT molecular complexity index is 660. The molecule has 0 atom stereocenters. The fraction of sp³-hybridized carbons (Fsp3) is 0.263. The van der Waals surface area contributed by atoms with E-state index in [0.29, 0.717) is 19.4 Å². The number of carbonyl (C=O) groups is 2. The number of aryl methyl sites for hydroxylation is 2. The molecular formula is C19H21NO3. The summed E-state index contributed by atoms with van der Waals surface area (Å²) >= 11 is 0. The number of carbonyl (C=O) groups excluding carboxylic acids is 1. The maximum absolute atomic E-state index is 11.8. The first kappa shape index (κ1) is 16.7. The van der Waals surface area contributed by atoms with Crippen LogP contribution in [-0.4, -0.2) is 23.5 Å². The second kappa shape index (κ2) is 8.13. The van der Waals surface area contributed by atoms with Gasteiger partial charge in [0.05, 0.1) is 5.56 Å². The van der Waals surface area contributed by atoms with Crippen molar-refractivity contribution in [2.45, 2.75) is 26.2 Å². The van der Waals surface area contributed by atoms with E-state index in [1.165, 1.54) is 11.1 Å². The van der Waals surface area contributed by atoms with Crippen molar-refractivity contribution in [2.75, 3.05) is 6.54 Å². The van der Waals surface area contributed by atoms with E-state index in [-0.39, 0.29) is 11.5 Å². The molecule has 0 unspecified atom stereocenters. The number of hydrogen-bond donors (Lipinski definition) is 2. The second-order valence-corrected chi connectivity index (χ2v) is 5.59. The van der Waals surface area contributed by atoms with Crippen molar-refractivity contribution in [3.63, 3.8) is 0 Å². The maximum atomic E-state index is 11.8. The van der Waals surface area contributed by atoms with Gasteiger partial charge in [0.1, 0.15) is 0 Å². The van der Waals surface area contributed by atoms with Crippen LogP contribution >= 0.6 is 0 Å². The first-order chi connectivity index (χ1) is 11.0. The van der Waals surface area contributed by atoms with Gasteiger partial charge in [0.25, 0.3) is 0 Å². The van der Waals surface area contributed by atoms with Crippen molar-refractivity contribution in [2.24, 2.45) is 0 Å². The summed E-state index contributed by atoms with van der Waals surface area (Å²) in [5.41, 5.74) is 3.66. The SMILES string of the molecule is Cc1ccc(CCNC(=O)CCc2ccc(C(=O)O)cc2)cc1. The first-order valence-electron chi connectivity index (χ1n) is 7.69. The molecule has 0 radical (unpaired) electrons. The highest BCUT2D eigenvalue weighted by Crippen LogP contribution is 2.07. The summed E-state index contributed by atoms with van der Waals surface area (Å²) in [6.07, 6.45) is 1.83. The standard InChI is InChI=1S/C19H21NO3/c1-14-2-4-16(5-3-14)12-13-20-18(21)11-8-15-6-9-17(10-7-15)19(22)23/h2-7,9-10H,8,11-13H2,1H3,(H,20,21)(H,22,23). The largest absolute Gasteiger partial charge is 0.478 e. The van der Waals surface area contributed by atoms with Crippen LogP contribution in [0.4, 0.5) is 0 Å². The molecule has 0 aliphatic carbocycles. The van der Waals surface area contributed by atoms with E-state index >= 15 is 0 Å². The summed E-state index contributed by atoms with van der Waals surface area (Å²) in [5.74, 6) is -0.926. The summed E-state index contributed by atoms with van der Waals surface area (Å²) < 4.78 is 0. The van der Waals surface area contributed by atoms with Gasteiger partial charge in [0, 0.05) is 13.0 Å². The number of nitrogens with one attached hydrogen (secondary N) is 1. The molecule has 4 nitrogen and oxygen atoms in total. The topological polar surface area (TPSA) is 66.4 Å². The van der Waals surface area contributed by atoms with Gasteiger partial charge in [-0.3, -0.25) is 4.79 Å². The van der Waals surface area contributed by atoms with E-state index in [0.717, 1.165) is 12.0 Å². The lowest BCUT2D eigenvalue weighted by molar-refractivity contribution is -0.121. The summed E-state index contributed by atoms with van der Waals surface area (Å²) in [4.78, 5) is 22.6. The molecule has 4 heteroatoms. The predicted molar refractivity (Wildman–Crippen MR) is 89.6 cm³/mol. The zero-order chi connectivity index (χ0) is 16.7. The van der Waals surface area contributed by atoms with Gasteiger partial charge in [-0.2, -0.15) is 0 Å². The monoisotopic (exact) mass is 311 g/mol. The molecule has 2 aromatic carbocycles. The highest BCUT2D eigenvalue weighted by molar-refractivity contribution is 5.87. The Morgan fingerprint density at radius 1 is 0.913 bits per heavy atom. The molecular weight excluding hydrogens is 290 g/mol. The normalized spacial score (nSPS) is 10.3. The molecule has 0 fully saturated rings. The smallest absolute Gasteiger partial charge is 0.335 e. The minimum absolute atomic E-state index is 0.0134. The Hall–Kier alpha value is -2.62. The molecule has 23 heavy (non-hydrogen) atoms. The van der Waals surface area contributed by atoms with Crippen LogP contribution < -0.4 is 5.32 Å². The van der Waals surface area contributed by atoms with E-state index in [4.69, 9.17) is 5.11 Å². The van der Waals surface area contributed by atoms with Crippen LogP contribution in [0.3, 0.4) is 0 Å². The summed E-state index contributed by atoms with van der Waals surface area (Å²) in [6.45, 7) is 2.67. The molecule has 0 aromatic heterocycles. The van der Waals surface area contributed by atoms with Crippen LogP contribution in [0, 0.1) is 6.92 Å². The van der Waals surface area contributed by atoms with E-state index in [2.05, 4.69) is 36.5 Å². The van der Waals surface area contributed by atoms with Gasteiger partial charge in [0.15, 0.2) is 0 Å². The van der Waals surface area contributed by atoms with Crippen LogP contribution in [0.1, 0.15) is 33.5 Å². The fourth-order valence-electron chi connectivity index (χ4n) is 2.26. The predicted octanol–water partition coefficient (Wildman–Crippen LogP) is 2.98. The van der Waals surface area contributed by atoms with Crippen molar-refractivity contribution >= 4 is 11.9 Å². The fourth-order valence-corrected chi connectivity index (χ4v) is 2.26. The number of amides is 1. The lowest BCUT2D eigenvalue weighted by Gasteiger charge is -2.06. The molecule has 0 bridgehead atoms. The Labute approximate surface area is 136 Å². The van der Waals surface area contributed by atoms with Crippen molar-refractivity contribution in [3.05, 3.63) is 70.8 Å². The zero-order valence-electron chi connectivity index (χ0n) is 13.2. The molecule has 0 aliphatic heterocycles. The van der Waals surface area contributed by atoms with E-state index in [9.17, 15) is 9.59 Å². The van der Waals surface area contributed by atoms with Crippen molar-refractivity contribution in [1.82, 2.24) is 5.32 Å². The average Bonchev–Trinajstić information content (AvgIpc) is 2.55. The van der Waals surface area contributed by atoms with Gasteiger partial charge >= 0.3 is 5.97 Å². The van der Waals surface area contributed by atoms with Gasteiger partial charge < -0.3 is 10.4 Å². The van der Waals surface area contributed by atoms with Gasteiger partial charge in [-0.1, -0.05) is 42.0 Å². The third kappa shape index (κ3) is 5.58. The third-order valence-electron chi connectivity index (χ3n) is 3.70. The molecule has 120 valence electrons. The molecule has 0 spiro atoms. The first-order valence-corrected chi connectivity index (χ1v) is 7.69. The minimum atomic E-state index is -0.939. The molecule has 0 saturated carbocycles. The number of aromatic carboxylic acids is 1. The number of carboxylic acid groups (broad SMARTS) is 1. The van der Waals surface area contributed by atoms with Gasteiger partial charge in [0.2, 0.25) is 5.91 Å². The maximum Gasteiger partial charge on any atom is 0.335 e. The van der Waals surface area contributed by atoms with E-state index in [1.54, 1.807) is 24.3 Å². The number of hydrogen-bond acceptors (Lipinski definition) is 2. The Morgan fingerprint density at radius 3 is 2.09 bits per heavy atom. The molecule has 0 heterocycles. The number of carboxylic acids is 1. The lowest BCUT2D eigenvalue weighted by Crippen LogP contribution is -2.25. The van der Waals surface area contributed by atoms with Crippen molar-refractivity contribution < 1.29 is 14.7 Å². The van der Waals surface area contributed by atoms with E-state index < -0.39 is 5.97 Å². The number of rotatable bonds is 7. The molecule has 0 aliphatic rings. The van der Waals surface area contributed by atoms with Crippen LogP contribution in [0.25, 0.3) is 0 Å². The molecule has 2 N–H and O–H groups in total. The third-order valence-corrected chi connectivity index (χ3v) is 3.70. The lowest BCUT2D eigenvalue weighted by atomic mass is 10.1. The van der Waals surface area contributed by atoms with Gasteiger partial charge in [-0.25, -0.2) is 4.79 Å². The zero-order valence-corrected chi connectivity index (χ0v) is 13.2.